The second kappa shape index (κ2) is 6.44. The van der Waals surface area contributed by atoms with Crippen LogP contribution in [0.4, 0.5) is 0 Å². The fourth-order valence-electron chi connectivity index (χ4n) is 4.80. The molecule has 0 saturated heterocycles. The molecule has 0 radical (unpaired) electrons. The van der Waals surface area contributed by atoms with E-state index in [1.165, 1.54) is 7.11 Å². The van der Waals surface area contributed by atoms with Crippen molar-refractivity contribution in [2.24, 2.45) is 10.8 Å². The van der Waals surface area contributed by atoms with E-state index in [-0.39, 0.29) is 11.5 Å². The minimum atomic E-state index is -0.897. The molecule has 1 aliphatic heterocycles. The number of Topliss-reactive ketones (excluding diaryl/α,β-unsaturated/α-hetero) is 2. The Bertz CT molecular complexity index is 826. The summed E-state index contributed by atoms with van der Waals surface area (Å²) in [5, 5.41) is 10.6. The summed E-state index contributed by atoms with van der Waals surface area (Å²) < 4.78 is 10.1. The summed E-state index contributed by atoms with van der Waals surface area (Å²) in [4.78, 5) is 37.1. The van der Waals surface area contributed by atoms with E-state index in [1.807, 2.05) is 6.92 Å². The van der Waals surface area contributed by atoms with Crippen molar-refractivity contribution in [1.29, 1.82) is 0 Å². The first kappa shape index (κ1) is 19.5. The molecule has 3 rings (SSSR count). The number of methoxy groups -OCH3 is 1. The van der Waals surface area contributed by atoms with Crippen molar-refractivity contribution in [3.05, 3.63) is 34.1 Å². The van der Waals surface area contributed by atoms with Gasteiger partial charge >= 0.3 is 5.97 Å². The van der Waals surface area contributed by atoms with Gasteiger partial charge in [-0.1, -0.05) is 12.5 Å². The molecule has 6 nitrogen and oxygen atoms in total. The molecule has 1 heterocycles. The summed E-state index contributed by atoms with van der Waals surface area (Å²) in [6, 6.07) is 0. The summed E-state index contributed by atoms with van der Waals surface area (Å²) in [6.45, 7) is 7.23. The molecule has 27 heavy (non-hydrogen) atoms. The van der Waals surface area contributed by atoms with Crippen LogP contribution in [-0.2, 0) is 23.9 Å². The molecule has 3 aliphatic rings. The van der Waals surface area contributed by atoms with Crippen molar-refractivity contribution < 1.29 is 29.0 Å². The molecule has 0 aromatic carbocycles. The van der Waals surface area contributed by atoms with Crippen LogP contribution in [0.3, 0.4) is 0 Å². The van der Waals surface area contributed by atoms with Crippen LogP contribution in [0, 0.1) is 10.8 Å². The molecule has 0 amide bonds. The molecule has 1 fully saturated rings. The topological polar surface area (TPSA) is 89.9 Å². The van der Waals surface area contributed by atoms with Gasteiger partial charge in [-0.3, -0.25) is 9.59 Å². The Labute approximate surface area is 158 Å². The van der Waals surface area contributed by atoms with E-state index in [0.29, 0.717) is 42.4 Å². The van der Waals surface area contributed by atoms with Gasteiger partial charge in [0.2, 0.25) is 12.1 Å². The highest BCUT2D eigenvalue weighted by Crippen LogP contribution is 2.57. The standard InChI is InChI=1S/C21H26O6/c1-11-13(7-6-12-10-15(26-5)27-19(12)25)21(4)9-8-14(22)20(2,3)18(21)17(24)16(11)23/h10,15,24H,6-9H2,1-5H3/t15-,21+/m0/s1. The minimum Gasteiger partial charge on any atom is -0.504 e. The zero-order chi connectivity index (χ0) is 20.1. The fourth-order valence-corrected chi connectivity index (χ4v) is 4.80. The number of carbonyl (C=O) groups excluding carboxylic acids is 3. The largest absolute Gasteiger partial charge is 0.504 e. The second-order valence-electron chi connectivity index (χ2n) is 8.24. The first-order chi connectivity index (χ1) is 12.5. The number of rotatable bonds is 4. The van der Waals surface area contributed by atoms with Gasteiger partial charge in [0, 0.05) is 35.5 Å². The lowest BCUT2D eigenvalue weighted by Crippen LogP contribution is -2.46. The maximum atomic E-state index is 12.7. The number of ether oxygens (including phenoxy) is 2. The monoisotopic (exact) mass is 374 g/mol. The van der Waals surface area contributed by atoms with Crippen LogP contribution >= 0.6 is 0 Å². The number of cyclic esters (lactones) is 1. The number of hydrogen-bond donors (Lipinski definition) is 1. The molecule has 1 N–H and O–H groups in total. The van der Waals surface area contributed by atoms with Gasteiger partial charge in [0.05, 0.1) is 0 Å². The Kier molecular flexibility index (Phi) is 4.67. The summed E-state index contributed by atoms with van der Waals surface area (Å²) in [6.07, 6.45) is 2.80. The Morgan fingerprint density at radius 1 is 1.22 bits per heavy atom. The number of aliphatic hydroxyl groups is 1. The van der Waals surface area contributed by atoms with Crippen LogP contribution in [-0.4, -0.2) is 36.0 Å². The average Bonchev–Trinajstić information content (AvgIpc) is 2.96. The molecule has 0 unspecified atom stereocenters. The third-order valence-corrected chi connectivity index (χ3v) is 6.34. The molecule has 6 heteroatoms. The first-order valence-electron chi connectivity index (χ1n) is 9.21. The van der Waals surface area contributed by atoms with Crippen molar-refractivity contribution in [1.82, 2.24) is 0 Å². The summed E-state index contributed by atoms with van der Waals surface area (Å²) >= 11 is 0. The first-order valence-corrected chi connectivity index (χ1v) is 9.21. The van der Waals surface area contributed by atoms with Gasteiger partial charge in [0.25, 0.3) is 0 Å². The van der Waals surface area contributed by atoms with Crippen LogP contribution in [0.2, 0.25) is 0 Å². The van der Waals surface area contributed by atoms with E-state index < -0.39 is 28.9 Å². The SMILES string of the molecule is CO[C@@H]1C=C(CCC2=C(C)C(=O)C(O)=C3C(C)(C)C(=O)CC[C@]23C)C(=O)O1. The molecule has 0 aromatic heterocycles. The van der Waals surface area contributed by atoms with Gasteiger partial charge in [-0.05, 0) is 51.7 Å². The molecule has 0 bridgehead atoms. The molecule has 0 aromatic rings. The van der Waals surface area contributed by atoms with Gasteiger partial charge in [-0.15, -0.1) is 0 Å². The number of aliphatic hydroxyl groups excluding tert-OH is 1. The van der Waals surface area contributed by atoms with Crippen molar-refractivity contribution in [3.63, 3.8) is 0 Å². The number of fused-ring (bicyclic) bond motifs is 1. The molecule has 0 spiro atoms. The minimum absolute atomic E-state index is 0.0262. The van der Waals surface area contributed by atoms with Crippen molar-refractivity contribution >= 4 is 17.5 Å². The van der Waals surface area contributed by atoms with Crippen LogP contribution in [0.5, 0.6) is 0 Å². The quantitative estimate of drug-likeness (QED) is 0.759. The highest BCUT2D eigenvalue weighted by Gasteiger charge is 2.53. The van der Waals surface area contributed by atoms with E-state index in [1.54, 1.807) is 26.8 Å². The maximum Gasteiger partial charge on any atom is 0.336 e. The number of esters is 1. The van der Waals surface area contributed by atoms with E-state index in [9.17, 15) is 19.5 Å². The van der Waals surface area contributed by atoms with Gasteiger partial charge < -0.3 is 14.6 Å². The van der Waals surface area contributed by atoms with E-state index in [2.05, 4.69) is 0 Å². The predicted octanol–water partition coefficient (Wildman–Crippen LogP) is 3.33. The highest BCUT2D eigenvalue weighted by molar-refractivity contribution is 6.10. The third-order valence-electron chi connectivity index (χ3n) is 6.34. The van der Waals surface area contributed by atoms with Gasteiger partial charge in [-0.25, -0.2) is 4.79 Å². The number of carbonyl (C=O) groups is 3. The van der Waals surface area contributed by atoms with Gasteiger partial charge in [-0.2, -0.15) is 0 Å². The highest BCUT2D eigenvalue weighted by atomic mass is 16.7. The van der Waals surface area contributed by atoms with Gasteiger partial charge in [0.15, 0.2) is 5.76 Å². The zero-order valence-corrected chi connectivity index (χ0v) is 16.5. The van der Waals surface area contributed by atoms with Crippen molar-refractivity contribution in [3.8, 4) is 0 Å². The van der Waals surface area contributed by atoms with Crippen molar-refractivity contribution in [2.75, 3.05) is 7.11 Å². The molecule has 1 saturated carbocycles. The van der Waals surface area contributed by atoms with E-state index in [4.69, 9.17) is 9.47 Å². The summed E-state index contributed by atoms with van der Waals surface area (Å²) in [5.74, 6) is -1.11. The van der Waals surface area contributed by atoms with Crippen LogP contribution < -0.4 is 0 Å². The van der Waals surface area contributed by atoms with Crippen molar-refractivity contribution in [2.45, 2.75) is 59.7 Å². The fraction of sp³-hybridized carbons (Fsp3) is 0.571. The van der Waals surface area contributed by atoms with Crippen LogP contribution in [0.1, 0.15) is 53.4 Å². The predicted molar refractivity (Wildman–Crippen MR) is 97.7 cm³/mol. The lowest BCUT2D eigenvalue weighted by molar-refractivity contribution is -0.155. The normalized spacial score (nSPS) is 30.5. The summed E-state index contributed by atoms with van der Waals surface area (Å²) in [7, 11) is 1.46. The average molecular weight is 374 g/mol. The molecular formula is C21H26O6. The Morgan fingerprint density at radius 3 is 2.48 bits per heavy atom. The Balaban J connectivity index is 1.97. The summed E-state index contributed by atoms with van der Waals surface area (Å²) in [5.41, 5.74) is 0.933. The number of hydrogen-bond acceptors (Lipinski definition) is 6. The maximum absolute atomic E-state index is 12.7. The van der Waals surface area contributed by atoms with Crippen LogP contribution in [0.25, 0.3) is 0 Å². The second-order valence-corrected chi connectivity index (χ2v) is 8.24. The number of allylic oxidation sites excluding steroid dienone is 3. The smallest absolute Gasteiger partial charge is 0.336 e. The van der Waals surface area contributed by atoms with Gasteiger partial charge in [0.1, 0.15) is 5.78 Å². The molecule has 2 atom stereocenters. The Morgan fingerprint density at radius 2 is 1.89 bits per heavy atom. The molecular weight excluding hydrogens is 348 g/mol. The van der Waals surface area contributed by atoms with E-state index in [0.717, 1.165) is 5.57 Å². The Hall–Kier alpha value is -2.21. The third kappa shape index (κ3) is 2.87. The number of ketones is 2. The zero-order valence-electron chi connectivity index (χ0n) is 16.5. The van der Waals surface area contributed by atoms with E-state index >= 15 is 0 Å². The van der Waals surface area contributed by atoms with Crippen LogP contribution in [0.15, 0.2) is 34.1 Å². The lowest BCUT2D eigenvalue weighted by Gasteiger charge is -2.49. The lowest BCUT2D eigenvalue weighted by atomic mass is 9.53. The molecule has 2 aliphatic carbocycles. The molecule has 146 valence electrons.